The third-order valence-corrected chi connectivity index (χ3v) is 4.32. The summed E-state index contributed by atoms with van der Waals surface area (Å²) < 4.78 is 5.85. The second kappa shape index (κ2) is 9.39. The summed E-state index contributed by atoms with van der Waals surface area (Å²) in [5.41, 5.74) is 3.10. The maximum Gasteiger partial charge on any atom is 0.120 e. The summed E-state index contributed by atoms with van der Waals surface area (Å²) in [7, 11) is 0. The van der Waals surface area contributed by atoms with Crippen molar-refractivity contribution in [3.63, 3.8) is 0 Å². The minimum atomic E-state index is -0.565. The minimum Gasteiger partial charge on any atom is -0.489 e. The van der Waals surface area contributed by atoms with E-state index >= 15 is 0 Å². The van der Waals surface area contributed by atoms with Gasteiger partial charge in [-0.15, -0.1) is 0 Å². The molecule has 0 spiro atoms. The molecule has 4 heteroatoms. The van der Waals surface area contributed by atoms with Crippen LogP contribution in [0.15, 0.2) is 78.9 Å². The summed E-state index contributed by atoms with van der Waals surface area (Å²) in [5.74, 6) is 0.839. The molecule has 0 aliphatic rings. The Labute approximate surface area is 159 Å². The smallest absolute Gasteiger partial charge is 0.120 e. The monoisotopic (exact) mass is 367 g/mol. The molecule has 26 heavy (non-hydrogen) atoms. The average Bonchev–Trinajstić information content (AvgIpc) is 2.68. The van der Waals surface area contributed by atoms with Crippen molar-refractivity contribution in [2.24, 2.45) is 0 Å². The first-order valence-corrected chi connectivity index (χ1v) is 8.98. The lowest BCUT2D eigenvalue weighted by molar-refractivity contribution is 0.174. The molecule has 3 aromatic carbocycles. The van der Waals surface area contributed by atoms with E-state index in [0.717, 1.165) is 22.4 Å². The molecule has 134 valence electrons. The van der Waals surface area contributed by atoms with E-state index in [1.807, 2.05) is 66.7 Å². The van der Waals surface area contributed by atoms with Gasteiger partial charge in [-0.3, -0.25) is 0 Å². The largest absolute Gasteiger partial charge is 0.489 e. The van der Waals surface area contributed by atoms with Crippen molar-refractivity contribution in [1.29, 1.82) is 0 Å². The van der Waals surface area contributed by atoms with E-state index in [4.69, 9.17) is 16.3 Å². The van der Waals surface area contributed by atoms with Gasteiger partial charge in [0.25, 0.3) is 0 Å². The maximum atomic E-state index is 10.2. The van der Waals surface area contributed by atoms with Gasteiger partial charge in [-0.25, -0.2) is 0 Å². The number of benzene rings is 3. The Balaban J connectivity index is 1.48. The Morgan fingerprint density at radius 2 is 1.62 bits per heavy atom. The van der Waals surface area contributed by atoms with Crippen molar-refractivity contribution < 1.29 is 9.84 Å². The zero-order valence-corrected chi connectivity index (χ0v) is 15.2. The van der Waals surface area contributed by atoms with E-state index in [1.165, 1.54) is 0 Å². The maximum absolute atomic E-state index is 10.2. The molecule has 0 fully saturated rings. The van der Waals surface area contributed by atoms with Crippen molar-refractivity contribution >= 4 is 11.6 Å². The molecule has 0 aliphatic heterocycles. The van der Waals surface area contributed by atoms with Crippen LogP contribution in [0.25, 0.3) is 0 Å². The minimum absolute atomic E-state index is 0.469. The fraction of sp³-hybridized carbons (Fsp3) is 0.182. The zero-order valence-electron chi connectivity index (χ0n) is 14.4. The second-order valence-electron chi connectivity index (χ2n) is 6.12. The van der Waals surface area contributed by atoms with Crippen molar-refractivity contribution in [3.8, 4) is 5.75 Å². The summed E-state index contributed by atoms with van der Waals surface area (Å²) in [6, 6.07) is 25.3. The van der Waals surface area contributed by atoms with E-state index in [0.29, 0.717) is 24.7 Å². The molecule has 0 aliphatic carbocycles. The van der Waals surface area contributed by atoms with E-state index in [1.54, 1.807) is 12.1 Å². The molecule has 0 unspecified atom stereocenters. The van der Waals surface area contributed by atoms with Gasteiger partial charge in [-0.2, -0.15) is 0 Å². The lowest BCUT2D eigenvalue weighted by Gasteiger charge is -2.13. The molecule has 0 radical (unpaired) electrons. The van der Waals surface area contributed by atoms with E-state index in [2.05, 4.69) is 5.32 Å². The quantitative estimate of drug-likeness (QED) is 0.604. The van der Waals surface area contributed by atoms with Crippen molar-refractivity contribution in [1.82, 2.24) is 5.32 Å². The van der Waals surface area contributed by atoms with Gasteiger partial charge >= 0.3 is 0 Å². The highest BCUT2D eigenvalue weighted by Gasteiger charge is 2.07. The van der Waals surface area contributed by atoms with E-state index in [9.17, 15) is 5.11 Å². The van der Waals surface area contributed by atoms with Crippen LogP contribution in [-0.2, 0) is 13.2 Å². The van der Waals surface area contributed by atoms with Gasteiger partial charge in [-0.05, 0) is 41.0 Å². The first-order chi connectivity index (χ1) is 12.7. The van der Waals surface area contributed by atoms with Gasteiger partial charge in [0.1, 0.15) is 12.4 Å². The standard InChI is InChI=1S/C22H22ClNO2/c23-20-11-9-19(10-12-20)22(25)15-24-14-18-7-4-8-21(13-18)26-16-17-5-2-1-3-6-17/h1-13,22,24-25H,14-16H2/t22-/m0/s1. The summed E-state index contributed by atoms with van der Waals surface area (Å²) in [6.07, 6.45) is -0.565. The number of hydrogen-bond acceptors (Lipinski definition) is 3. The highest BCUT2D eigenvalue weighted by molar-refractivity contribution is 6.30. The fourth-order valence-electron chi connectivity index (χ4n) is 2.64. The molecule has 3 rings (SSSR count). The zero-order chi connectivity index (χ0) is 18.2. The number of aliphatic hydroxyl groups is 1. The van der Waals surface area contributed by atoms with E-state index < -0.39 is 6.10 Å². The molecule has 0 saturated carbocycles. The first-order valence-electron chi connectivity index (χ1n) is 8.60. The van der Waals surface area contributed by atoms with Gasteiger partial charge < -0.3 is 15.2 Å². The number of rotatable bonds is 8. The van der Waals surface area contributed by atoms with Crippen LogP contribution < -0.4 is 10.1 Å². The van der Waals surface area contributed by atoms with Crippen LogP contribution in [-0.4, -0.2) is 11.7 Å². The molecule has 3 aromatic rings. The Bertz CT molecular complexity index is 806. The van der Waals surface area contributed by atoms with Gasteiger partial charge in [0.15, 0.2) is 0 Å². The molecule has 0 aromatic heterocycles. The van der Waals surface area contributed by atoms with Crippen LogP contribution in [0.5, 0.6) is 5.75 Å². The molecule has 0 bridgehead atoms. The molecule has 0 heterocycles. The third kappa shape index (κ3) is 5.60. The first kappa shape index (κ1) is 18.5. The number of aliphatic hydroxyl groups excluding tert-OH is 1. The fourth-order valence-corrected chi connectivity index (χ4v) is 2.77. The SMILES string of the molecule is O[C@@H](CNCc1cccc(OCc2ccccc2)c1)c1ccc(Cl)cc1. The molecule has 2 N–H and O–H groups in total. The summed E-state index contributed by atoms with van der Waals surface area (Å²) in [4.78, 5) is 0. The molecular formula is C22H22ClNO2. The number of ether oxygens (including phenoxy) is 1. The Morgan fingerprint density at radius 1 is 0.885 bits per heavy atom. The molecule has 0 amide bonds. The van der Waals surface area contributed by atoms with Crippen LogP contribution in [0.4, 0.5) is 0 Å². The average molecular weight is 368 g/mol. The number of nitrogens with one attached hydrogen (secondary N) is 1. The highest BCUT2D eigenvalue weighted by Crippen LogP contribution is 2.17. The summed E-state index contributed by atoms with van der Waals surface area (Å²) in [5, 5.41) is 14.2. The highest BCUT2D eigenvalue weighted by atomic mass is 35.5. The van der Waals surface area contributed by atoms with Crippen LogP contribution in [0, 0.1) is 0 Å². The van der Waals surface area contributed by atoms with Crippen LogP contribution in [0.1, 0.15) is 22.8 Å². The summed E-state index contributed by atoms with van der Waals surface area (Å²) in [6.45, 7) is 1.68. The van der Waals surface area contributed by atoms with Crippen LogP contribution in [0.3, 0.4) is 0 Å². The van der Waals surface area contributed by atoms with Gasteiger partial charge in [0.05, 0.1) is 6.10 Å². The number of halogens is 1. The van der Waals surface area contributed by atoms with Gasteiger partial charge in [0.2, 0.25) is 0 Å². The lowest BCUT2D eigenvalue weighted by atomic mass is 10.1. The third-order valence-electron chi connectivity index (χ3n) is 4.07. The molecule has 3 nitrogen and oxygen atoms in total. The predicted octanol–water partition coefficient (Wildman–Crippen LogP) is 4.74. The lowest BCUT2D eigenvalue weighted by Crippen LogP contribution is -2.21. The van der Waals surface area contributed by atoms with Gasteiger partial charge in [0, 0.05) is 18.1 Å². The summed E-state index contributed by atoms with van der Waals surface area (Å²) >= 11 is 5.87. The van der Waals surface area contributed by atoms with Crippen molar-refractivity contribution in [3.05, 3.63) is 101 Å². The molecule has 1 atom stereocenters. The number of hydrogen-bond donors (Lipinski definition) is 2. The predicted molar refractivity (Wildman–Crippen MR) is 105 cm³/mol. The Morgan fingerprint density at radius 3 is 2.38 bits per heavy atom. The van der Waals surface area contributed by atoms with E-state index in [-0.39, 0.29) is 0 Å². The Kier molecular flexibility index (Phi) is 6.67. The topological polar surface area (TPSA) is 41.5 Å². The van der Waals surface area contributed by atoms with Crippen molar-refractivity contribution in [2.75, 3.05) is 6.54 Å². The molecule has 0 saturated heterocycles. The van der Waals surface area contributed by atoms with Crippen LogP contribution >= 0.6 is 11.6 Å². The Hall–Kier alpha value is -2.33. The van der Waals surface area contributed by atoms with Crippen molar-refractivity contribution in [2.45, 2.75) is 19.3 Å². The molecular weight excluding hydrogens is 346 g/mol. The normalized spacial score (nSPS) is 11.9. The van der Waals surface area contributed by atoms with Crippen LogP contribution in [0.2, 0.25) is 5.02 Å². The van der Waals surface area contributed by atoms with Gasteiger partial charge in [-0.1, -0.05) is 66.2 Å². The second-order valence-corrected chi connectivity index (χ2v) is 6.56.